The van der Waals surface area contributed by atoms with Crippen LogP contribution in [0.4, 0.5) is 0 Å². The van der Waals surface area contributed by atoms with Crippen LogP contribution in [0.5, 0.6) is 34.5 Å². The van der Waals surface area contributed by atoms with Crippen LogP contribution in [0, 0.1) is 0 Å². The van der Waals surface area contributed by atoms with E-state index in [4.69, 9.17) is 14.3 Å². The first-order chi connectivity index (χ1) is 23.1. The van der Waals surface area contributed by atoms with Gasteiger partial charge in [0.05, 0.1) is 0 Å². The van der Waals surface area contributed by atoms with Crippen molar-refractivity contribution in [3.63, 3.8) is 0 Å². The van der Waals surface area contributed by atoms with Gasteiger partial charge in [-0.15, -0.1) is 5.75 Å². The van der Waals surface area contributed by atoms with E-state index in [9.17, 15) is 10.2 Å². The Morgan fingerprint density at radius 2 is 0.694 bits per heavy atom. The van der Waals surface area contributed by atoms with Crippen molar-refractivity contribution in [3.8, 4) is 45.6 Å². The number of carbonyl (C=O) groups excluding carboxylic acids is 1. The van der Waals surface area contributed by atoms with Gasteiger partial charge in [-0.05, 0) is 94.0 Å². The average Bonchev–Trinajstić information content (AvgIpc) is 3.11. The molecule has 0 radical (unpaired) electrons. The molecule has 6 aromatic rings. The van der Waals surface area contributed by atoms with Crippen LogP contribution in [0.15, 0.2) is 146 Å². The number of benzene rings is 6. The minimum atomic E-state index is -0.230. The molecule has 0 saturated heterocycles. The van der Waals surface area contributed by atoms with Crippen molar-refractivity contribution < 1.29 is 75.9 Å². The second-order valence-electron chi connectivity index (χ2n) is 12.6. The van der Waals surface area contributed by atoms with Gasteiger partial charge in [-0.3, -0.25) is 0 Å². The SMILES string of the molecule is C=O.CC(C)(c1ccc([O-])cc1)c1ccc(Oc2ccc(-c3ccc(Oc4ccc(C(C)(C)c5ccc(O)cc5)cc4)cc3)cc2)cc1.[K+]. The summed E-state index contributed by atoms with van der Waals surface area (Å²) >= 11 is 0. The summed E-state index contributed by atoms with van der Waals surface area (Å²) in [7, 11) is 0. The number of phenols is 1. The number of hydrogen-bond acceptors (Lipinski definition) is 5. The van der Waals surface area contributed by atoms with E-state index in [1.54, 1.807) is 24.3 Å². The Labute approximate surface area is 331 Å². The van der Waals surface area contributed by atoms with Gasteiger partial charge in [0.1, 0.15) is 35.5 Å². The van der Waals surface area contributed by atoms with Crippen LogP contribution in [0.3, 0.4) is 0 Å². The molecule has 0 aliphatic carbocycles. The topological polar surface area (TPSA) is 78.8 Å². The van der Waals surface area contributed by atoms with Crippen molar-refractivity contribution in [2.75, 3.05) is 0 Å². The van der Waals surface area contributed by atoms with Crippen molar-refractivity contribution in [2.24, 2.45) is 0 Å². The summed E-state index contributed by atoms with van der Waals surface area (Å²) < 4.78 is 12.3. The van der Waals surface area contributed by atoms with E-state index in [1.807, 2.05) is 79.6 Å². The summed E-state index contributed by atoms with van der Waals surface area (Å²) in [5.74, 6) is 3.35. The van der Waals surface area contributed by atoms with Gasteiger partial charge in [-0.1, -0.05) is 113 Å². The third-order valence-corrected chi connectivity index (χ3v) is 8.83. The van der Waals surface area contributed by atoms with Crippen LogP contribution >= 0.6 is 0 Å². The van der Waals surface area contributed by atoms with Gasteiger partial charge in [0.2, 0.25) is 0 Å². The van der Waals surface area contributed by atoms with Crippen molar-refractivity contribution >= 4 is 6.79 Å². The third-order valence-electron chi connectivity index (χ3n) is 8.83. The molecule has 49 heavy (non-hydrogen) atoms. The van der Waals surface area contributed by atoms with Crippen LogP contribution in [0.25, 0.3) is 11.1 Å². The summed E-state index contributed by atoms with van der Waals surface area (Å²) in [6.07, 6.45) is 0. The van der Waals surface area contributed by atoms with Crippen molar-refractivity contribution in [2.45, 2.75) is 38.5 Å². The van der Waals surface area contributed by atoms with E-state index >= 15 is 0 Å². The molecular weight excluding hydrogens is 636 g/mol. The maximum Gasteiger partial charge on any atom is 1.00 e. The zero-order chi connectivity index (χ0) is 34.3. The molecule has 0 saturated carbocycles. The third kappa shape index (κ3) is 9.09. The van der Waals surface area contributed by atoms with Crippen molar-refractivity contribution in [3.05, 3.63) is 168 Å². The summed E-state index contributed by atoms with van der Waals surface area (Å²) in [6, 6.07) is 46.8. The van der Waals surface area contributed by atoms with Gasteiger partial charge in [0.25, 0.3) is 0 Å². The summed E-state index contributed by atoms with van der Waals surface area (Å²) in [5.41, 5.74) is 6.27. The first-order valence-corrected chi connectivity index (χ1v) is 15.7. The van der Waals surface area contributed by atoms with Crippen molar-refractivity contribution in [1.82, 2.24) is 0 Å². The second kappa shape index (κ2) is 16.5. The van der Waals surface area contributed by atoms with Crippen molar-refractivity contribution in [1.29, 1.82) is 0 Å². The van der Waals surface area contributed by atoms with Crippen LogP contribution in [-0.4, -0.2) is 11.9 Å². The quantitative estimate of drug-likeness (QED) is 0.164. The predicted octanol–water partition coefficient (Wildman–Crippen LogP) is 7.19. The fourth-order valence-electron chi connectivity index (χ4n) is 5.67. The molecule has 1 N–H and O–H groups in total. The Balaban J connectivity index is 0.00000177. The molecule has 0 atom stereocenters. The molecule has 0 spiro atoms. The maximum absolute atomic E-state index is 11.5. The maximum atomic E-state index is 11.5. The number of carbonyl (C=O) groups is 1. The van der Waals surface area contributed by atoms with Gasteiger partial charge in [0.15, 0.2) is 0 Å². The minimum Gasteiger partial charge on any atom is -0.872 e. The smallest absolute Gasteiger partial charge is 0.872 e. The molecule has 0 heterocycles. The normalized spacial score (nSPS) is 11.0. The van der Waals surface area contributed by atoms with E-state index in [0.29, 0.717) is 0 Å². The van der Waals surface area contributed by atoms with Crippen LogP contribution in [-0.2, 0) is 15.6 Å². The van der Waals surface area contributed by atoms with Gasteiger partial charge in [0, 0.05) is 10.8 Å². The number of phenolic OH excluding ortho intramolecular Hbond substituents is 1. The van der Waals surface area contributed by atoms with Crippen LogP contribution < -0.4 is 66.0 Å². The van der Waals surface area contributed by atoms with Crippen LogP contribution in [0.2, 0.25) is 0 Å². The van der Waals surface area contributed by atoms with Gasteiger partial charge in [-0.25, -0.2) is 0 Å². The van der Waals surface area contributed by atoms with E-state index in [2.05, 4.69) is 76.2 Å². The fourth-order valence-corrected chi connectivity index (χ4v) is 5.67. The number of aromatic hydroxyl groups is 1. The number of ether oxygens (including phenoxy) is 2. The van der Waals surface area contributed by atoms with Crippen LogP contribution in [0.1, 0.15) is 49.9 Å². The van der Waals surface area contributed by atoms with Gasteiger partial charge in [-0.2, -0.15) is 0 Å². The molecule has 0 aliphatic rings. The predicted molar refractivity (Wildman–Crippen MR) is 190 cm³/mol. The zero-order valence-corrected chi connectivity index (χ0v) is 31.8. The Bertz CT molecular complexity index is 1770. The molecule has 6 heteroatoms. The first kappa shape index (κ1) is 37.6. The van der Waals surface area contributed by atoms with E-state index in [1.165, 1.54) is 0 Å². The largest absolute Gasteiger partial charge is 1.00 e. The number of rotatable bonds is 9. The molecule has 0 aliphatic heterocycles. The molecule has 242 valence electrons. The number of hydrogen-bond donors (Lipinski definition) is 1. The monoisotopic (exact) mass is 674 g/mol. The summed E-state index contributed by atoms with van der Waals surface area (Å²) in [6.45, 7) is 10.6. The molecule has 0 aromatic heterocycles. The molecule has 0 unspecified atom stereocenters. The molecule has 0 fully saturated rings. The van der Waals surface area contributed by atoms with E-state index < -0.39 is 0 Å². The Morgan fingerprint density at radius 1 is 0.449 bits per heavy atom. The Hall–Kier alpha value is -4.17. The average molecular weight is 675 g/mol. The van der Waals surface area contributed by atoms with E-state index in [-0.39, 0.29) is 73.7 Å². The second-order valence-corrected chi connectivity index (χ2v) is 12.6. The molecule has 6 aromatic carbocycles. The molecule has 0 bridgehead atoms. The molecular formula is C43H39KO5. The van der Waals surface area contributed by atoms with Gasteiger partial charge >= 0.3 is 51.4 Å². The minimum absolute atomic E-state index is 0. The standard InChI is InChI=1S/C42H38O4.CH2O.K/c1-41(2,31-9-17-35(43)18-10-31)33-13-25-39(26-14-33)45-37-21-5-29(6-22-37)30-7-23-38(24-8-30)46-40-27-15-34(16-28-40)42(3,4)32-11-19-36(44)20-12-32;1-2;/h5-28,43-44H,1-4H3;1H2;/q;;+1/p-1. The fraction of sp³-hybridized carbons (Fsp3) is 0.140. The van der Waals surface area contributed by atoms with E-state index in [0.717, 1.165) is 56.4 Å². The Kier molecular flexibility index (Phi) is 12.7. The first-order valence-electron chi connectivity index (χ1n) is 15.7. The zero-order valence-electron chi connectivity index (χ0n) is 28.6. The summed E-state index contributed by atoms with van der Waals surface area (Å²) in [5, 5.41) is 21.2. The molecule has 6 rings (SSSR count). The molecule has 0 amide bonds. The van der Waals surface area contributed by atoms with Gasteiger partial charge < -0.3 is 24.5 Å². The molecule has 5 nitrogen and oxygen atoms in total. The summed E-state index contributed by atoms with van der Waals surface area (Å²) in [4.78, 5) is 8.00. The Morgan fingerprint density at radius 3 is 1.00 bits per heavy atom.